The summed E-state index contributed by atoms with van der Waals surface area (Å²) >= 11 is 6.04. The van der Waals surface area contributed by atoms with E-state index < -0.39 is 6.10 Å². The van der Waals surface area contributed by atoms with Crippen molar-refractivity contribution >= 4 is 23.3 Å². The van der Waals surface area contributed by atoms with Crippen molar-refractivity contribution in [2.45, 2.75) is 32.8 Å². The van der Waals surface area contributed by atoms with Crippen LogP contribution in [0.4, 0.5) is 5.82 Å². The van der Waals surface area contributed by atoms with Gasteiger partial charge in [-0.1, -0.05) is 18.5 Å². The van der Waals surface area contributed by atoms with Crippen LogP contribution >= 0.6 is 11.6 Å². The number of rotatable bonds is 7. The van der Waals surface area contributed by atoms with Gasteiger partial charge in [0.05, 0.1) is 16.7 Å². The van der Waals surface area contributed by atoms with Gasteiger partial charge >= 0.3 is 0 Å². The normalized spacial score (nSPS) is 12.1. The lowest BCUT2D eigenvalue weighted by Gasteiger charge is -2.19. The number of nitrogens with zero attached hydrogens (tertiary/aromatic N) is 2. The third kappa shape index (κ3) is 4.98. The second kappa shape index (κ2) is 8.07. The summed E-state index contributed by atoms with van der Waals surface area (Å²) in [4.78, 5) is 18.0. The molecule has 1 heterocycles. The second-order valence-corrected chi connectivity index (χ2v) is 5.25. The van der Waals surface area contributed by atoms with Crippen molar-refractivity contribution in [3.8, 4) is 0 Å². The summed E-state index contributed by atoms with van der Waals surface area (Å²) in [5.41, 5.74) is 0.424. The standard InChI is InChI=1S/C14H22ClN3O2/c1-4-6-16-13-8-11(12(15)9-17-13)14(20)18(3)7-5-10(2)19/h8-10,19H,4-7H2,1-3H3,(H,16,17). The van der Waals surface area contributed by atoms with E-state index in [2.05, 4.69) is 17.2 Å². The molecule has 1 atom stereocenters. The molecule has 0 radical (unpaired) electrons. The second-order valence-electron chi connectivity index (χ2n) is 4.84. The van der Waals surface area contributed by atoms with Crippen molar-refractivity contribution in [2.75, 3.05) is 25.5 Å². The smallest absolute Gasteiger partial charge is 0.255 e. The fraction of sp³-hybridized carbons (Fsp3) is 0.571. The van der Waals surface area contributed by atoms with Crippen LogP contribution in [0.15, 0.2) is 12.3 Å². The molecule has 1 aromatic rings. The van der Waals surface area contributed by atoms with Gasteiger partial charge in [0, 0.05) is 26.3 Å². The highest BCUT2D eigenvalue weighted by molar-refractivity contribution is 6.33. The third-order valence-corrected chi connectivity index (χ3v) is 3.17. The molecule has 2 N–H and O–H groups in total. The van der Waals surface area contributed by atoms with Crippen LogP contribution in [-0.4, -0.2) is 47.1 Å². The van der Waals surface area contributed by atoms with Gasteiger partial charge in [-0.2, -0.15) is 0 Å². The Morgan fingerprint density at radius 2 is 2.30 bits per heavy atom. The number of pyridine rings is 1. The van der Waals surface area contributed by atoms with Gasteiger partial charge in [0.2, 0.25) is 0 Å². The summed E-state index contributed by atoms with van der Waals surface area (Å²) in [5, 5.41) is 12.7. The van der Waals surface area contributed by atoms with Crippen LogP contribution in [0, 0.1) is 0 Å². The summed E-state index contributed by atoms with van der Waals surface area (Å²) in [6.45, 7) is 5.02. The first-order valence-corrected chi connectivity index (χ1v) is 7.16. The molecule has 0 aliphatic carbocycles. The molecular weight excluding hydrogens is 278 g/mol. The van der Waals surface area contributed by atoms with Crippen molar-refractivity contribution in [1.29, 1.82) is 0 Å². The fourth-order valence-electron chi connectivity index (χ4n) is 1.64. The zero-order valence-electron chi connectivity index (χ0n) is 12.2. The lowest BCUT2D eigenvalue weighted by Crippen LogP contribution is -2.29. The number of aromatic nitrogens is 1. The molecule has 1 unspecified atom stereocenters. The molecule has 0 saturated carbocycles. The molecule has 1 amide bonds. The van der Waals surface area contributed by atoms with Gasteiger partial charge in [0.15, 0.2) is 0 Å². The maximum absolute atomic E-state index is 12.3. The Morgan fingerprint density at radius 1 is 1.60 bits per heavy atom. The molecule has 6 heteroatoms. The van der Waals surface area contributed by atoms with Gasteiger partial charge in [0.25, 0.3) is 5.91 Å². The molecule has 5 nitrogen and oxygen atoms in total. The van der Waals surface area contributed by atoms with E-state index in [9.17, 15) is 9.90 Å². The molecule has 20 heavy (non-hydrogen) atoms. The van der Waals surface area contributed by atoms with Gasteiger partial charge in [-0.15, -0.1) is 0 Å². The summed E-state index contributed by atoms with van der Waals surface area (Å²) < 4.78 is 0. The molecular formula is C14H22ClN3O2. The minimum Gasteiger partial charge on any atom is -0.393 e. The topological polar surface area (TPSA) is 65.5 Å². The summed E-state index contributed by atoms with van der Waals surface area (Å²) in [7, 11) is 1.70. The van der Waals surface area contributed by atoms with E-state index in [1.165, 1.54) is 6.20 Å². The third-order valence-electron chi connectivity index (χ3n) is 2.87. The van der Waals surface area contributed by atoms with Gasteiger partial charge in [-0.05, 0) is 25.8 Å². The zero-order valence-corrected chi connectivity index (χ0v) is 12.9. The number of nitrogens with one attached hydrogen (secondary N) is 1. The van der Waals surface area contributed by atoms with Crippen LogP contribution in [0.2, 0.25) is 5.02 Å². The largest absolute Gasteiger partial charge is 0.393 e. The number of aliphatic hydroxyl groups excluding tert-OH is 1. The number of halogens is 1. The van der Waals surface area contributed by atoms with Crippen LogP contribution in [0.3, 0.4) is 0 Å². The highest BCUT2D eigenvalue weighted by atomic mass is 35.5. The van der Waals surface area contributed by atoms with E-state index in [-0.39, 0.29) is 5.91 Å². The Kier molecular flexibility index (Phi) is 6.75. The van der Waals surface area contributed by atoms with E-state index in [0.717, 1.165) is 13.0 Å². The minimum atomic E-state index is -0.431. The number of hydrogen-bond acceptors (Lipinski definition) is 4. The summed E-state index contributed by atoms with van der Waals surface area (Å²) in [6.07, 6.45) is 2.56. The van der Waals surface area contributed by atoms with Crippen molar-refractivity contribution < 1.29 is 9.90 Å². The number of hydrogen-bond donors (Lipinski definition) is 2. The van der Waals surface area contributed by atoms with Crippen molar-refractivity contribution in [3.63, 3.8) is 0 Å². The zero-order chi connectivity index (χ0) is 15.1. The maximum atomic E-state index is 12.3. The Labute approximate surface area is 125 Å². The molecule has 0 aliphatic heterocycles. The Balaban J connectivity index is 2.80. The Hall–Kier alpha value is -1.33. The molecule has 112 valence electrons. The highest BCUT2D eigenvalue weighted by Crippen LogP contribution is 2.19. The fourth-order valence-corrected chi connectivity index (χ4v) is 1.82. The van der Waals surface area contributed by atoms with Gasteiger partial charge in [0.1, 0.15) is 5.82 Å². The predicted molar refractivity (Wildman–Crippen MR) is 81.3 cm³/mol. The van der Waals surface area contributed by atoms with E-state index in [0.29, 0.717) is 29.4 Å². The minimum absolute atomic E-state index is 0.169. The van der Waals surface area contributed by atoms with Gasteiger partial charge < -0.3 is 15.3 Å². The average Bonchev–Trinajstić information content (AvgIpc) is 2.43. The number of amides is 1. The molecule has 0 fully saturated rings. The van der Waals surface area contributed by atoms with Gasteiger partial charge in [-0.3, -0.25) is 4.79 Å². The first-order chi connectivity index (χ1) is 9.45. The Bertz CT molecular complexity index is 452. The average molecular weight is 300 g/mol. The van der Waals surface area contributed by atoms with E-state index in [1.54, 1.807) is 24.9 Å². The summed E-state index contributed by atoms with van der Waals surface area (Å²) in [5.74, 6) is 0.473. The van der Waals surface area contributed by atoms with Crippen LogP contribution in [0.25, 0.3) is 0 Å². The van der Waals surface area contributed by atoms with Crippen LogP contribution in [0.5, 0.6) is 0 Å². The predicted octanol–water partition coefficient (Wildman–Crippen LogP) is 2.40. The van der Waals surface area contributed by atoms with E-state index in [4.69, 9.17) is 11.6 Å². The van der Waals surface area contributed by atoms with Crippen molar-refractivity contribution in [3.05, 3.63) is 22.8 Å². The first kappa shape index (κ1) is 16.7. The first-order valence-electron chi connectivity index (χ1n) is 6.78. The monoisotopic (exact) mass is 299 g/mol. The molecule has 0 bridgehead atoms. The lowest BCUT2D eigenvalue weighted by atomic mass is 10.2. The van der Waals surface area contributed by atoms with Crippen LogP contribution < -0.4 is 5.32 Å². The highest BCUT2D eigenvalue weighted by Gasteiger charge is 2.16. The van der Waals surface area contributed by atoms with E-state index in [1.807, 2.05) is 0 Å². The van der Waals surface area contributed by atoms with E-state index >= 15 is 0 Å². The van der Waals surface area contributed by atoms with Gasteiger partial charge in [-0.25, -0.2) is 4.98 Å². The van der Waals surface area contributed by atoms with Crippen molar-refractivity contribution in [1.82, 2.24) is 9.88 Å². The van der Waals surface area contributed by atoms with Crippen molar-refractivity contribution in [2.24, 2.45) is 0 Å². The molecule has 0 aliphatic rings. The number of carbonyl (C=O) groups is 1. The van der Waals surface area contributed by atoms with Crippen LogP contribution in [-0.2, 0) is 0 Å². The lowest BCUT2D eigenvalue weighted by molar-refractivity contribution is 0.0769. The molecule has 1 rings (SSSR count). The number of carbonyl (C=O) groups excluding carboxylic acids is 1. The molecule has 0 aromatic carbocycles. The number of aliphatic hydroxyl groups is 1. The Morgan fingerprint density at radius 3 is 2.90 bits per heavy atom. The maximum Gasteiger partial charge on any atom is 0.255 e. The van der Waals surface area contributed by atoms with Crippen LogP contribution in [0.1, 0.15) is 37.0 Å². The SMILES string of the molecule is CCCNc1cc(C(=O)N(C)CCC(C)O)c(Cl)cn1. The summed E-state index contributed by atoms with van der Waals surface area (Å²) in [6, 6.07) is 1.67. The molecule has 0 spiro atoms. The number of anilines is 1. The molecule has 0 saturated heterocycles. The quantitative estimate of drug-likeness (QED) is 0.811. The molecule has 1 aromatic heterocycles.